The van der Waals surface area contributed by atoms with E-state index in [2.05, 4.69) is 15.6 Å². The van der Waals surface area contributed by atoms with E-state index < -0.39 is 0 Å². The average molecular weight is 357 g/mol. The summed E-state index contributed by atoms with van der Waals surface area (Å²) in [6, 6.07) is 14.8. The number of amides is 1. The van der Waals surface area contributed by atoms with Crippen molar-refractivity contribution in [2.24, 2.45) is 0 Å². The van der Waals surface area contributed by atoms with E-state index in [9.17, 15) is 4.79 Å². The van der Waals surface area contributed by atoms with Crippen LogP contribution in [0.15, 0.2) is 48.5 Å². The minimum absolute atomic E-state index is 0.209. The van der Waals surface area contributed by atoms with E-state index in [-0.39, 0.29) is 11.0 Å². The number of para-hydroxylation sites is 1. The maximum atomic E-state index is 12.3. The first-order valence-electron chi connectivity index (χ1n) is 7.36. The molecule has 3 aromatic rings. The van der Waals surface area contributed by atoms with Crippen molar-refractivity contribution < 1.29 is 9.53 Å². The molecule has 0 saturated heterocycles. The summed E-state index contributed by atoms with van der Waals surface area (Å²) in [4.78, 5) is 16.7. The lowest BCUT2D eigenvalue weighted by Gasteiger charge is -2.08. The number of ether oxygens (including phenoxy) is 1. The summed E-state index contributed by atoms with van der Waals surface area (Å²) in [5.41, 5.74) is 1.37. The molecular formula is C17H15N3O2S2. The van der Waals surface area contributed by atoms with Crippen molar-refractivity contribution in [2.45, 2.75) is 6.92 Å². The molecule has 122 valence electrons. The molecule has 1 aromatic heterocycles. The maximum Gasteiger partial charge on any atom is 0.257 e. The highest BCUT2D eigenvalue weighted by atomic mass is 32.1. The van der Waals surface area contributed by atoms with Crippen molar-refractivity contribution in [1.29, 1.82) is 0 Å². The molecule has 3 rings (SSSR count). The van der Waals surface area contributed by atoms with Gasteiger partial charge in [-0.25, -0.2) is 4.98 Å². The standard InChI is InChI=1S/C17H15N3O2S2/c1-2-22-12-7-5-6-11(10-12)15(21)19-16(23)20-17-18-13-8-3-4-9-14(13)24-17/h3-10H,2H2,1H3,(H2,18,19,20,21,23). The second-order valence-corrected chi connectivity index (χ2v) is 6.29. The molecular weight excluding hydrogens is 342 g/mol. The lowest BCUT2D eigenvalue weighted by atomic mass is 10.2. The number of rotatable bonds is 4. The number of thiocarbonyl (C=S) groups is 1. The number of anilines is 1. The molecule has 0 saturated carbocycles. The number of aromatic nitrogens is 1. The molecule has 0 unspecified atom stereocenters. The summed E-state index contributed by atoms with van der Waals surface area (Å²) in [5.74, 6) is 0.352. The van der Waals surface area contributed by atoms with E-state index in [1.54, 1.807) is 24.3 Å². The first-order chi connectivity index (χ1) is 11.7. The second-order valence-electron chi connectivity index (χ2n) is 4.86. The van der Waals surface area contributed by atoms with Gasteiger partial charge in [-0.1, -0.05) is 29.5 Å². The second kappa shape index (κ2) is 7.37. The van der Waals surface area contributed by atoms with Gasteiger partial charge in [0.2, 0.25) is 0 Å². The third-order valence-electron chi connectivity index (χ3n) is 3.15. The van der Waals surface area contributed by atoms with Crippen molar-refractivity contribution in [3.05, 3.63) is 54.1 Å². The highest BCUT2D eigenvalue weighted by Gasteiger charge is 2.10. The Kier molecular flexibility index (Phi) is 5.02. The number of hydrogen-bond donors (Lipinski definition) is 2. The average Bonchev–Trinajstić information content (AvgIpc) is 2.97. The first-order valence-corrected chi connectivity index (χ1v) is 8.59. The Balaban J connectivity index is 1.65. The number of hydrogen-bond acceptors (Lipinski definition) is 5. The molecule has 5 nitrogen and oxygen atoms in total. The van der Waals surface area contributed by atoms with Crippen LogP contribution < -0.4 is 15.4 Å². The summed E-state index contributed by atoms with van der Waals surface area (Å²) < 4.78 is 6.45. The Morgan fingerprint density at radius 1 is 1.25 bits per heavy atom. The molecule has 0 aliphatic heterocycles. The number of carbonyl (C=O) groups excluding carboxylic acids is 1. The first kappa shape index (κ1) is 16.4. The summed E-state index contributed by atoms with van der Waals surface area (Å²) in [6.07, 6.45) is 0. The van der Waals surface area contributed by atoms with Crippen LogP contribution in [-0.2, 0) is 0 Å². The smallest absolute Gasteiger partial charge is 0.257 e. The fourth-order valence-corrected chi connectivity index (χ4v) is 3.25. The zero-order valence-corrected chi connectivity index (χ0v) is 14.5. The summed E-state index contributed by atoms with van der Waals surface area (Å²) in [6.45, 7) is 2.44. The molecule has 2 N–H and O–H groups in total. The topological polar surface area (TPSA) is 63.2 Å². The van der Waals surface area contributed by atoms with Crippen LogP contribution in [-0.4, -0.2) is 22.6 Å². The Bertz CT molecular complexity index is 859. The van der Waals surface area contributed by atoms with Gasteiger partial charge in [-0.05, 0) is 49.5 Å². The van der Waals surface area contributed by atoms with Crippen molar-refractivity contribution in [2.75, 3.05) is 11.9 Å². The quantitative estimate of drug-likeness (QED) is 0.695. The van der Waals surface area contributed by atoms with E-state index in [0.717, 1.165) is 10.2 Å². The Morgan fingerprint density at radius 2 is 2.08 bits per heavy atom. The molecule has 0 bridgehead atoms. The Morgan fingerprint density at radius 3 is 2.88 bits per heavy atom. The van der Waals surface area contributed by atoms with Crippen molar-refractivity contribution in [1.82, 2.24) is 10.3 Å². The number of nitrogens with one attached hydrogen (secondary N) is 2. The number of carbonyl (C=O) groups is 1. The normalized spacial score (nSPS) is 10.4. The van der Waals surface area contributed by atoms with Crippen LogP contribution in [0.3, 0.4) is 0 Å². The SMILES string of the molecule is CCOc1cccc(C(=O)NC(=S)Nc2nc3ccccc3s2)c1. The molecule has 0 atom stereocenters. The number of fused-ring (bicyclic) bond motifs is 1. The van der Waals surface area contributed by atoms with E-state index in [1.165, 1.54) is 11.3 Å². The van der Waals surface area contributed by atoms with Crippen LogP contribution in [0, 0.1) is 0 Å². The molecule has 0 aliphatic rings. The maximum absolute atomic E-state index is 12.3. The van der Waals surface area contributed by atoms with Crippen molar-refractivity contribution in [3.63, 3.8) is 0 Å². The minimum Gasteiger partial charge on any atom is -0.494 e. The van der Waals surface area contributed by atoms with E-state index in [4.69, 9.17) is 17.0 Å². The van der Waals surface area contributed by atoms with Gasteiger partial charge >= 0.3 is 0 Å². The van der Waals surface area contributed by atoms with Gasteiger partial charge in [0.1, 0.15) is 5.75 Å². The van der Waals surface area contributed by atoms with Crippen LogP contribution in [0.25, 0.3) is 10.2 Å². The van der Waals surface area contributed by atoms with E-state index in [1.807, 2.05) is 31.2 Å². The van der Waals surface area contributed by atoms with E-state index in [0.29, 0.717) is 23.1 Å². The number of thiazole rings is 1. The summed E-state index contributed by atoms with van der Waals surface area (Å²) in [7, 11) is 0. The van der Waals surface area contributed by atoms with Crippen LogP contribution in [0.5, 0.6) is 5.75 Å². The van der Waals surface area contributed by atoms with Gasteiger partial charge in [-0.15, -0.1) is 0 Å². The van der Waals surface area contributed by atoms with Crippen LogP contribution in [0.2, 0.25) is 0 Å². The van der Waals surface area contributed by atoms with Gasteiger partial charge in [0, 0.05) is 5.56 Å². The predicted octanol–water partition coefficient (Wildman–Crippen LogP) is 3.82. The molecule has 7 heteroatoms. The number of benzene rings is 2. The van der Waals surface area contributed by atoms with Gasteiger partial charge < -0.3 is 10.1 Å². The third kappa shape index (κ3) is 3.87. The predicted molar refractivity (Wildman–Crippen MR) is 101 cm³/mol. The highest BCUT2D eigenvalue weighted by Crippen LogP contribution is 2.25. The molecule has 0 fully saturated rings. The Labute approximate surface area is 148 Å². The molecule has 24 heavy (non-hydrogen) atoms. The summed E-state index contributed by atoms with van der Waals surface area (Å²) >= 11 is 6.67. The van der Waals surface area contributed by atoms with Gasteiger partial charge in [-0.3, -0.25) is 10.1 Å². The molecule has 0 radical (unpaired) electrons. The minimum atomic E-state index is -0.296. The van der Waals surface area contributed by atoms with Gasteiger partial charge in [0.15, 0.2) is 10.2 Å². The summed E-state index contributed by atoms with van der Waals surface area (Å²) in [5, 5.41) is 6.45. The van der Waals surface area contributed by atoms with Crippen LogP contribution >= 0.6 is 23.6 Å². The molecule has 0 aliphatic carbocycles. The molecule has 2 aromatic carbocycles. The van der Waals surface area contributed by atoms with E-state index >= 15 is 0 Å². The molecule has 1 amide bonds. The van der Waals surface area contributed by atoms with Gasteiger partial charge in [0.25, 0.3) is 5.91 Å². The van der Waals surface area contributed by atoms with Gasteiger partial charge in [-0.2, -0.15) is 0 Å². The highest BCUT2D eigenvalue weighted by molar-refractivity contribution is 7.80. The number of nitrogens with zero attached hydrogens (tertiary/aromatic N) is 1. The van der Waals surface area contributed by atoms with Gasteiger partial charge in [0.05, 0.1) is 16.8 Å². The van der Waals surface area contributed by atoms with Crippen LogP contribution in [0.4, 0.5) is 5.13 Å². The monoisotopic (exact) mass is 357 g/mol. The van der Waals surface area contributed by atoms with Crippen molar-refractivity contribution in [3.8, 4) is 5.75 Å². The fraction of sp³-hybridized carbons (Fsp3) is 0.118. The van der Waals surface area contributed by atoms with Crippen LogP contribution in [0.1, 0.15) is 17.3 Å². The fourth-order valence-electron chi connectivity index (χ4n) is 2.12. The van der Waals surface area contributed by atoms with Crippen molar-refractivity contribution >= 4 is 49.9 Å². The lowest BCUT2D eigenvalue weighted by Crippen LogP contribution is -2.34. The molecule has 0 spiro atoms. The Hall–Kier alpha value is -2.51. The zero-order chi connectivity index (χ0) is 16.9. The third-order valence-corrected chi connectivity index (χ3v) is 4.30. The zero-order valence-electron chi connectivity index (χ0n) is 12.9. The molecule has 1 heterocycles. The largest absolute Gasteiger partial charge is 0.494 e. The lowest BCUT2D eigenvalue weighted by molar-refractivity contribution is 0.0977.